The van der Waals surface area contributed by atoms with Crippen LogP contribution in [-0.2, 0) is 4.79 Å². The van der Waals surface area contributed by atoms with Crippen LogP contribution in [0.15, 0.2) is 11.4 Å². The Labute approximate surface area is 118 Å². The highest BCUT2D eigenvalue weighted by Gasteiger charge is 2.27. The Bertz CT molecular complexity index is 630. The van der Waals surface area contributed by atoms with Crippen molar-refractivity contribution in [2.45, 2.75) is 12.8 Å². The highest BCUT2D eigenvalue weighted by atomic mass is 35.5. The zero-order chi connectivity index (χ0) is 13.4. The molecule has 1 unspecified atom stereocenters. The molecule has 7 heteroatoms. The molecule has 0 bridgehead atoms. The van der Waals surface area contributed by atoms with Gasteiger partial charge in [-0.05, 0) is 35.9 Å². The Morgan fingerprint density at radius 2 is 2.37 bits per heavy atom. The lowest BCUT2D eigenvalue weighted by atomic mass is 9.98. The van der Waals surface area contributed by atoms with E-state index in [9.17, 15) is 4.79 Å². The van der Waals surface area contributed by atoms with Crippen molar-refractivity contribution in [2.24, 2.45) is 5.92 Å². The van der Waals surface area contributed by atoms with Crippen molar-refractivity contribution >= 4 is 44.9 Å². The first kappa shape index (κ1) is 12.6. The van der Waals surface area contributed by atoms with Crippen molar-refractivity contribution < 1.29 is 9.90 Å². The quantitative estimate of drug-likeness (QED) is 0.863. The fraction of sp³-hybridized carbons (Fsp3) is 0.417. The monoisotopic (exact) mass is 297 g/mol. The third kappa shape index (κ3) is 2.37. The molecule has 3 rings (SSSR count). The van der Waals surface area contributed by atoms with Gasteiger partial charge in [0.2, 0.25) is 5.28 Å². The molecule has 0 radical (unpaired) electrons. The lowest BCUT2D eigenvalue weighted by molar-refractivity contribution is -0.141. The van der Waals surface area contributed by atoms with E-state index in [1.165, 1.54) is 0 Å². The topological polar surface area (TPSA) is 66.3 Å². The zero-order valence-corrected chi connectivity index (χ0v) is 11.6. The molecule has 19 heavy (non-hydrogen) atoms. The van der Waals surface area contributed by atoms with Crippen molar-refractivity contribution in [3.63, 3.8) is 0 Å². The molecule has 0 aromatic carbocycles. The molecule has 0 saturated carbocycles. The molecule has 0 aliphatic carbocycles. The van der Waals surface area contributed by atoms with Crippen LogP contribution in [0.1, 0.15) is 12.8 Å². The Morgan fingerprint density at radius 1 is 1.53 bits per heavy atom. The SMILES string of the molecule is O=C(O)C1CCCN(c2nc(Cl)nc3ccsc23)C1. The number of carboxylic acid groups (broad SMARTS) is 1. The number of rotatable bonds is 2. The number of aromatic nitrogens is 2. The minimum Gasteiger partial charge on any atom is -0.481 e. The fourth-order valence-electron chi connectivity index (χ4n) is 2.41. The van der Waals surface area contributed by atoms with E-state index < -0.39 is 5.97 Å². The predicted molar refractivity (Wildman–Crippen MR) is 75.0 cm³/mol. The van der Waals surface area contributed by atoms with E-state index in [0.29, 0.717) is 6.54 Å². The summed E-state index contributed by atoms with van der Waals surface area (Å²) < 4.78 is 0.968. The van der Waals surface area contributed by atoms with Crippen LogP contribution in [-0.4, -0.2) is 34.1 Å². The van der Waals surface area contributed by atoms with Gasteiger partial charge in [-0.15, -0.1) is 11.3 Å². The largest absolute Gasteiger partial charge is 0.481 e. The van der Waals surface area contributed by atoms with E-state index in [1.54, 1.807) is 11.3 Å². The number of nitrogens with zero attached hydrogens (tertiary/aromatic N) is 3. The molecule has 5 nitrogen and oxygen atoms in total. The molecular weight excluding hydrogens is 286 g/mol. The molecule has 1 aliphatic heterocycles. The molecule has 2 aromatic rings. The summed E-state index contributed by atoms with van der Waals surface area (Å²) in [5, 5.41) is 11.3. The Morgan fingerprint density at radius 3 is 3.16 bits per heavy atom. The Hall–Kier alpha value is -1.40. The van der Waals surface area contributed by atoms with Gasteiger partial charge in [-0.25, -0.2) is 4.98 Å². The first-order chi connectivity index (χ1) is 9.15. The number of thiophene rings is 1. The molecule has 0 amide bonds. The predicted octanol–water partition coefficient (Wildman–Crippen LogP) is 2.65. The average Bonchev–Trinajstić information content (AvgIpc) is 2.85. The number of hydrogen-bond acceptors (Lipinski definition) is 5. The summed E-state index contributed by atoms with van der Waals surface area (Å²) in [4.78, 5) is 21.6. The molecule has 1 saturated heterocycles. The van der Waals surface area contributed by atoms with Crippen molar-refractivity contribution in [3.05, 3.63) is 16.7 Å². The molecule has 0 spiro atoms. The van der Waals surface area contributed by atoms with Crippen molar-refractivity contribution in [2.75, 3.05) is 18.0 Å². The molecule has 3 heterocycles. The number of carbonyl (C=O) groups is 1. The van der Waals surface area contributed by atoms with Crippen LogP contribution in [0.25, 0.3) is 10.2 Å². The third-order valence-corrected chi connectivity index (χ3v) is 4.40. The molecule has 1 N–H and O–H groups in total. The minimum absolute atomic E-state index is 0.207. The summed E-state index contributed by atoms with van der Waals surface area (Å²) in [6.45, 7) is 1.29. The molecule has 1 aliphatic rings. The van der Waals surface area contributed by atoms with Crippen LogP contribution < -0.4 is 4.90 Å². The van der Waals surface area contributed by atoms with Crippen molar-refractivity contribution in [1.29, 1.82) is 0 Å². The molecule has 100 valence electrons. The van der Waals surface area contributed by atoms with Gasteiger partial charge < -0.3 is 10.0 Å². The van der Waals surface area contributed by atoms with Crippen LogP contribution >= 0.6 is 22.9 Å². The van der Waals surface area contributed by atoms with Crippen LogP contribution in [0.2, 0.25) is 5.28 Å². The highest BCUT2D eigenvalue weighted by molar-refractivity contribution is 7.17. The first-order valence-electron chi connectivity index (χ1n) is 6.03. The van der Waals surface area contributed by atoms with E-state index in [0.717, 1.165) is 35.4 Å². The number of halogens is 1. The normalized spacial score (nSPS) is 19.8. The number of anilines is 1. The van der Waals surface area contributed by atoms with E-state index in [2.05, 4.69) is 9.97 Å². The second-order valence-corrected chi connectivity index (χ2v) is 5.83. The summed E-state index contributed by atoms with van der Waals surface area (Å²) in [5.74, 6) is -0.319. The molecule has 1 fully saturated rings. The average molecular weight is 298 g/mol. The van der Waals surface area contributed by atoms with E-state index in [1.807, 2.05) is 16.3 Å². The molecule has 1 atom stereocenters. The minimum atomic E-state index is -0.743. The summed E-state index contributed by atoms with van der Waals surface area (Å²) in [6, 6.07) is 1.90. The van der Waals surface area contributed by atoms with Gasteiger partial charge in [0.15, 0.2) is 5.82 Å². The van der Waals surface area contributed by atoms with E-state index >= 15 is 0 Å². The van der Waals surface area contributed by atoms with Crippen LogP contribution in [0, 0.1) is 5.92 Å². The fourth-order valence-corrected chi connectivity index (χ4v) is 3.42. The van der Waals surface area contributed by atoms with Gasteiger partial charge in [0, 0.05) is 13.1 Å². The highest BCUT2D eigenvalue weighted by Crippen LogP contribution is 2.32. The second kappa shape index (κ2) is 4.94. The first-order valence-corrected chi connectivity index (χ1v) is 7.29. The van der Waals surface area contributed by atoms with Gasteiger partial charge in [-0.1, -0.05) is 0 Å². The van der Waals surface area contributed by atoms with Crippen molar-refractivity contribution in [3.8, 4) is 0 Å². The Balaban J connectivity index is 1.99. The lowest BCUT2D eigenvalue weighted by Gasteiger charge is -2.31. The smallest absolute Gasteiger partial charge is 0.308 e. The van der Waals surface area contributed by atoms with Crippen LogP contribution in [0.5, 0.6) is 0 Å². The van der Waals surface area contributed by atoms with Gasteiger partial charge in [0.25, 0.3) is 0 Å². The van der Waals surface area contributed by atoms with E-state index in [4.69, 9.17) is 16.7 Å². The summed E-state index contributed by atoms with van der Waals surface area (Å²) >= 11 is 7.49. The van der Waals surface area contributed by atoms with E-state index in [-0.39, 0.29) is 11.2 Å². The molecule has 2 aromatic heterocycles. The van der Waals surface area contributed by atoms with Gasteiger partial charge >= 0.3 is 5.97 Å². The summed E-state index contributed by atoms with van der Waals surface area (Å²) in [5.41, 5.74) is 0.817. The number of carboxylic acids is 1. The maximum Gasteiger partial charge on any atom is 0.308 e. The third-order valence-electron chi connectivity index (χ3n) is 3.33. The maximum atomic E-state index is 11.1. The number of piperidine rings is 1. The zero-order valence-electron chi connectivity index (χ0n) is 10.0. The van der Waals surface area contributed by atoms with Gasteiger partial charge in [0.05, 0.1) is 16.1 Å². The lowest BCUT2D eigenvalue weighted by Crippen LogP contribution is -2.39. The van der Waals surface area contributed by atoms with Crippen molar-refractivity contribution in [1.82, 2.24) is 9.97 Å². The number of hydrogen-bond donors (Lipinski definition) is 1. The summed E-state index contributed by atoms with van der Waals surface area (Å²) in [7, 11) is 0. The molecular formula is C12H12ClN3O2S. The second-order valence-electron chi connectivity index (χ2n) is 4.57. The van der Waals surface area contributed by atoms with Gasteiger partial charge in [-0.2, -0.15) is 4.98 Å². The maximum absolute atomic E-state index is 11.1. The Kier molecular flexibility index (Phi) is 3.28. The number of aliphatic carboxylic acids is 1. The van der Waals surface area contributed by atoms with Gasteiger partial charge in [0.1, 0.15) is 0 Å². The standard InChI is InChI=1S/C12H12ClN3O2S/c13-12-14-8-3-5-19-9(8)10(15-12)16-4-1-2-7(6-16)11(17)18/h3,5,7H,1-2,4,6H2,(H,17,18). The number of fused-ring (bicyclic) bond motifs is 1. The van der Waals surface area contributed by atoms with Gasteiger partial charge in [-0.3, -0.25) is 4.79 Å². The summed E-state index contributed by atoms with van der Waals surface area (Å²) in [6.07, 6.45) is 1.57. The van der Waals surface area contributed by atoms with Crippen LogP contribution in [0.4, 0.5) is 5.82 Å². The van der Waals surface area contributed by atoms with Crippen LogP contribution in [0.3, 0.4) is 0 Å².